The van der Waals surface area contributed by atoms with E-state index in [0.717, 1.165) is 19.6 Å². The Balaban J connectivity index is 1.87. The number of thiophene rings is 1. The van der Waals surface area contributed by atoms with Gasteiger partial charge in [-0.05, 0) is 35.2 Å². The number of rotatable bonds is 3. The number of hydrogen-bond acceptors (Lipinski definition) is 4. The molecule has 2 bridgehead atoms. The van der Waals surface area contributed by atoms with Gasteiger partial charge in [0.25, 0.3) is 10.0 Å². The van der Waals surface area contributed by atoms with E-state index in [9.17, 15) is 8.42 Å². The quantitative estimate of drug-likeness (QED) is 0.855. The summed E-state index contributed by atoms with van der Waals surface area (Å²) in [6, 6.07) is 3.53. The number of hydrogen-bond donors (Lipinski definition) is 0. The first-order valence-electron chi connectivity index (χ1n) is 7.61. The van der Waals surface area contributed by atoms with Gasteiger partial charge in [0.15, 0.2) is 0 Å². The first-order chi connectivity index (χ1) is 9.85. The van der Waals surface area contributed by atoms with Crippen molar-refractivity contribution in [2.24, 2.45) is 17.3 Å². The second-order valence-corrected chi connectivity index (χ2v) is 9.93. The van der Waals surface area contributed by atoms with Gasteiger partial charge in [0.2, 0.25) is 0 Å². The summed E-state index contributed by atoms with van der Waals surface area (Å²) in [6.07, 6.45) is 0. The molecule has 118 valence electrons. The number of fused-ring (bicyclic) bond motifs is 2. The van der Waals surface area contributed by atoms with Crippen LogP contribution in [0.4, 0.5) is 0 Å². The smallest absolute Gasteiger partial charge is 0.252 e. The molecule has 4 nitrogen and oxygen atoms in total. The molecule has 3 rings (SSSR count). The second-order valence-electron chi connectivity index (χ2n) is 6.82. The highest BCUT2D eigenvalue weighted by molar-refractivity contribution is 7.91. The largest absolute Gasteiger partial charge is 0.303 e. The fraction of sp³-hybridized carbons (Fsp3) is 0.733. The predicted molar refractivity (Wildman–Crippen MR) is 86.0 cm³/mol. The van der Waals surface area contributed by atoms with Crippen LogP contribution in [0.5, 0.6) is 0 Å². The average molecular weight is 329 g/mol. The van der Waals surface area contributed by atoms with Gasteiger partial charge < -0.3 is 4.90 Å². The van der Waals surface area contributed by atoms with Crippen LogP contribution in [0.3, 0.4) is 0 Å². The molecule has 0 aromatic carbocycles. The minimum Gasteiger partial charge on any atom is -0.303 e. The van der Waals surface area contributed by atoms with Crippen LogP contribution in [-0.4, -0.2) is 50.3 Å². The lowest BCUT2D eigenvalue weighted by Crippen LogP contribution is -2.62. The molecule has 0 spiro atoms. The van der Waals surface area contributed by atoms with E-state index in [1.54, 1.807) is 10.4 Å². The number of nitrogens with zero attached hydrogens (tertiary/aromatic N) is 2. The van der Waals surface area contributed by atoms with Crippen molar-refractivity contribution in [3.05, 3.63) is 17.5 Å². The van der Waals surface area contributed by atoms with Gasteiger partial charge in [-0.2, -0.15) is 4.31 Å². The molecule has 2 unspecified atom stereocenters. The summed E-state index contributed by atoms with van der Waals surface area (Å²) in [5.41, 5.74) is 0.229. The molecular weight excluding hydrogens is 304 g/mol. The molecule has 1 aromatic rings. The summed E-state index contributed by atoms with van der Waals surface area (Å²) >= 11 is 1.32. The average Bonchev–Trinajstić information content (AvgIpc) is 2.91. The summed E-state index contributed by atoms with van der Waals surface area (Å²) in [4.78, 5) is 2.47. The van der Waals surface area contributed by atoms with E-state index in [-0.39, 0.29) is 5.41 Å². The highest BCUT2D eigenvalue weighted by Gasteiger charge is 2.49. The lowest BCUT2D eigenvalue weighted by Gasteiger charge is -2.55. The van der Waals surface area contributed by atoms with Crippen molar-refractivity contribution in [3.8, 4) is 0 Å². The Hall–Kier alpha value is -0.430. The van der Waals surface area contributed by atoms with E-state index in [2.05, 4.69) is 25.7 Å². The monoisotopic (exact) mass is 328 g/mol. The fourth-order valence-corrected chi connectivity index (χ4v) is 6.32. The van der Waals surface area contributed by atoms with Gasteiger partial charge in [0.1, 0.15) is 4.21 Å². The van der Waals surface area contributed by atoms with Crippen LogP contribution in [0.15, 0.2) is 21.7 Å². The fourth-order valence-electron chi connectivity index (χ4n) is 3.65. The van der Waals surface area contributed by atoms with E-state index < -0.39 is 10.0 Å². The van der Waals surface area contributed by atoms with Crippen molar-refractivity contribution in [2.75, 3.05) is 32.7 Å². The first-order valence-corrected chi connectivity index (χ1v) is 9.93. The molecule has 0 N–H and O–H groups in total. The third kappa shape index (κ3) is 2.56. The lowest BCUT2D eigenvalue weighted by molar-refractivity contribution is -0.0473. The zero-order chi connectivity index (χ0) is 15.3. The molecule has 2 saturated heterocycles. The molecule has 0 radical (unpaired) electrons. The number of sulfonamides is 1. The third-order valence-electron chi connectivity index (χ3n) is 5.45. The van der Waals surface area contributed by atoms with Crippen molar-refractivity contribution in [3.63, 3.8) is 0 Å². The summed E-state index contributed by atoms with van der Waals surface area (Å²) < 4.78 is 27.7. The van der Waals surface area contributed by atoms with Crippen molar-refractivity contribution in [2.45, 2.75) is 25.0 Å². The Morgan fingerprint density at radius 1 is 1.24 bits per heavy atom. The number of piperidine rings is 2. The zero-order valence-corrected chi connectivity index (χ0v) is 14.6. The Kier molecular flexibility index (Phi) is 3.93. The van der Waals surface area contributed by atoms with E-state index in [0.29, 0.717) is 29.1 Å². The SMILES string of the molecule is CCN1CC2CN(S(=O)(=O)c3cccs3)CC(C1)C2(C)C. The first kappa shape index (κ1) is 15.5. The van der Waals surface area contributed by atoms with Crippen LogP contribution >= 0.6 is 11.3 Å². The van der Waals surface area contributed by atoms with E-state index in [1.165, 1.54) is 11.3 Å². The van der Waals surface area contributed by atoms with E-state index in [4.69, 9.17) is 0 Å². The van der Waals surface area contributed by atoms with Gasteiger partial charge in [0.05, 0.1) is 0 Å². The molecular formula is C15H24N2O2S2. The molecule has 2 atom stereocenters. The molecule has 3 heterocycles. The van der Waals surface area contributed by atoms with Crippen LogP contribution in [0.25, 0.3) is 0 Å². The maximum absolute atomic E-state index is 12.8. The van der Waals surface area contributed by atoms with Gasteiger partial charge in [-0.15, -0.1) is 11.3 Å². The van der Waals surface area contributed by atoms with Crippen molar-refractivity contribution in [1.82, 2.24) is 9.21 Å². The maximum Gasteiger partial charge on any atom is 0.252 e. The standard InChI is InChI=1S/C15H24N2O2S2/c1-4-16-8-12-10-17(11-13(9-16)15(12,2)3)21(18,19)14-6-5-7-20-14/h5-7,12-13H,4,8-11H2,1-3H3. The number of likely N-dealkylation sites (tertiary alicyclic amines) is 1. The second kappa shape index (κ2) is 5.33. The Labute approximate surface area is 131 Å². The van der Waals surface area contributed by atoms with Crippen LogP contribution in [0.1, 0.15) is 20.8 Å². The van der Waals surface area contributed by atoms with Crippen molar-refractivity contribution >= 4 is 21.4 Å². The molecule has 0 amide bonds. The van der Waals surface area contributed by atoms with Gasteiger partial charge in [-0.3, -0.25) is 0 Å². The molecule has 6 heteroatoms. The minimum absolute atomic E-state index is 0.229. The minimum atomic E-state index is -3.30. The van der Waals surface area contributed by atoms with E-state index in [1.807, 2.05) is 11.4 Å². The van der Waals surface area contributed by atoms with Gasteiger partial charge >= 0.3 is 0 Å². The summed E-state index contributed by atoms with van der Waals surface area (Å²) in [7, 11) is -3.30. The van der Waals surface area contributed by atoms with Gasteiger partial charge in [0, 0.05) is 26.2 Å². The van der Waals surface area contributed by atoms with Crippen LogP contribution in [0.2, 0.25) is 0 Å². The molecule has 1 aromatic heterocycles. The summed E-state index contributed by atoms with van der Waals surface area (Å²) in [5, 5.41) is 1.83. The molecule has 0 aliphatic carbocycles. The van der Waals surface area contributed by atoms with Gasteiger partial charge in [-0.25, -0.2) is 8.42 Å². The van der Waals surface area contributed by atoms with E-state index >= 15 is 0 Å². The molecule has 0 saturated carbocycles. The highest BCUT2D eigenvalue weighted by Crippen LogP contribution is 2.45. The van der Waals surface area contributed by atoms with Crippen LogP contribution in [-0.2, 0) is 10.0 Å². The topological polar surface area (TPSA) is 40.6 Å². The molecule has 2 fully saturated rings. The van der Waals surface area contributed by atoms with Gasteiger partial charge in [-0.1, -0.05) is 26.8 Å². The maximum atomic E-state index is 12.8. The Bertz CT molecular complexity index is 577. The zero-order valence-electron chi connectivity index (χ0n) is 12.9. The lowest BCUT2D eigenvalue weighted by atomic mass is 9.64. The van der Waals surface area contributed by atoms with Crippen molar-refractivity contribution < 1.29 is 8.42 Å². The normalized spacial score (nSPS) is 30.4. The molecule has 21 heavy (non-hydrogen) atoms. The Morgan fingerprint density at radius 2 is 1.86 bits per heavy atom. The Morgan fingerprint density at radius 3 is 2.33 bits per heavy atom. The molecule has 2 aliphatic rings. The summed E-state index contributed by atoms with van der Waals surface area (Å²) in [5.74, 6) is 0.833. The van der Waals surface area contributed by atoms with Crippen LogP contribution < -0.4 is 0 Å². The third-order valence-corrected chi connectivity index (χ3v) is 8.65. The summed E-state index contributed by atoms with van der Waals surface area (Å²) in [6.45, 7) is 11.2. The van der Waals surface area contributed by atoms with Crippen LogP contribution in [0, 0.1) is 17.3 Å². The van der Waals surface area contributed by atoms with Crippen molar-refractivity contribution in [1.29, 1.82) is 0 Å². The highest BCUT2D eigenvalue weighted by atomic mass is 32.2. The predicted octanol–water partition coefficient (Wildman–Crippen LogP) is 2.35. The molecule has 2 aliphatic heterocycles.